The van der Waals surface area contributed by atoms with E-state index in [1.165, 1.54) is 0 Å². The van der Waals surface area contributed by atoms with Gasteiger partial charge in [0.1, 0.15) is 5.75 Å². The van der Waals surface area contributed by atoms with E-state index in [0.29, 0.717) is 19.7 Å². The summed E-state index contributed by atoms with van der Waals surface area (Å²) < 4.78 is 10.1. The van der Waals surface area contributed by atoms with Crippen molar-refractivity contribution in [3.63, 3.8) is 0 Å². The van der Waals surface area contributed by atoms with Crippen LogP contribution in [0.5, 0.6) is 5.75 Å². The normalized spacial score (nSPS) is 10.2. The van der Waals surface area contributed by atoms with Crippen molar-refractivity contribution in [1.29, 1.82) is 0 Å². The minimum atomic E-state index is -0.973. The first-order chi connectivity index (χ1) is 10.1. The maximum absolute atomic E-state index is 12.1. The third-order valence-electron chi connectivity index (χ3n) is 3.00. The van der Waals surface area contributed by atoms with Gasteiger partial charge in [0.25, 0.3) is 0 Å². The van der Waals surface area contributed by atoms with Crippen molar-refractivity contribution in [2.24, 2.45) is 0 Å². The Balaban J connectivity index is 2.66. The van der Waals surface area contributed by atoms with Crippen molar-refractivity contribution in [3.8, 4) is 5.75 Å². The molecule has 1 aromatic carbocycles. The van der Waals surface area contributed by atoms with Gasteiger partial charge in [0.2, 0.25) is 5.91 Å². The first-order valence-electron chi connectivity index (χ1n) is 6.68. The van der Waals surface area contributed by atoms with E-state index in [9.17, 15) is 9.59 Å². The number of rotatable bonds is 9. The molecule has 0 aliphatic carbocycles. The van der Waals surface area contributed by atoms with Crippen LogP contribution < -0.4 is 4.74 Å². The molecule has 21 heavy (non-hydrogen) atoms. The summed E-state index contributed by atoms with van der Waals surface area (Å²) in [7, 11) is 3.16. The summed E-state index contributed by atoms with van der Waals surface area (Å²) in [6.45, 7) is 1.27. The minimum absolute atomic E-state index is 0.00476. The monoisotopic (exact) mass is 295 g/mol. The highest BCUT2D eigenvalue weighted by Gasteiger charge is 2.15. The number of methoxy groups -OCH3 is 2. The van der Waals surface area contributed by atoms with Crippen LogP contribution in [0.3, 0.4) is 0 Å². The topological polar surface area (TPSA) is 76.1 Å². The Morgan fingerprint density at radius 2 is 1.81 bits per heavy atom. The Morgan fingerprint density at radius 1 is 1.14 bits per heavy atom. The zero-order valence-corrected chi connectivity index (χ0v) is 12.4. The highest BCUT2D eigenvalue weighted by molar-refractivity contribution is 5.80. The standard InChI is InChI=1S/C15H21NO5/c1-20-10-9-16(14(17)7-8-15(18)19)11-12-3-5-13(21-2)6-4-12/h3-6H,7-11H2,1-2H3,(H,18,19). The van der Waals surface area contributed by atoms with Crippen molar-refractivity contribution in [2.45, 2.75) is 19.4 Å². The molecule has 0 heterocycles. The second kappa shape index (κ2) is 8.97. The van der Waals surface area contributed by atoms with Crippen LogP contribution in [0.4, 0.5) is 0 Å². The fourth-order valence-corrected chi connectivity index (χ4v) is 1.82. The van der Waals surface area contributed by atoms with Crippen LogP contribution >= 0.6 is 0 Å². The maximum Gasteiger partial charge on any atom is 0.303 e. The molecule has 0 aliphatic heterocycles. The summed E-state index contributed by atoms with van der Waals surface area (Å²) >= 11 is 0. The Bertz CT molecular complexity index is 458. The molecule has 0 bridgehead atoms. The summed E-state index contributed by atoms with van der Waals surface area (Å²) in [5.41, 5.74) is 0.954. The van der Waals surface area contributed by atoms with Crippen molar-refractivity contribution in [2.75, 3.05) is 27.4 Å². The van der Waals surface area contributed by atoms with Gasteiger partial charge in [-0.25, -0.2) is 0 Å². The lowest BCUT2D eigenvalue weighted by atomic mass is 10.2. The second-order valence-corrected chi connectivity index (χ2v) is 4.55. The number of carboxylic acid groups (broad SMARTS) is 1. The van der Waals surface area contributed by atoms with E-state index in [0.717, 1.165) is 11.3 Å². The smallest absolute Gasteiger partial charge is 0.303 e. The lowest BCUT2D eigenvalue weighted by molar-refractivity contribution is -0.141. The van der Waals surface area contributed by atoms with Crippen LogP contribution in [-0.2, 0) is 20.9 Å². The van der Waals surface area contributed by atoms with Crippen LogP contribution in [-0.4, -0.2) is 49.3 Å². The molecule has 0 spiro atoms. The molecule has 0 saturated heterocycles. The lowest BCUT2D eigenvalue weighted by Gasteiger charge is -2.22. The molecule has 6 heteroatoms. The predicted molar refractivity (Wildman–Crippen MR) is 77.2 cm³/mol. The third kappa shape index (κ3) is 6.27. The van der Waals surface area contributed by atoms with E-state index >= 15 is 0 Å². The van der Waals surface area contributed by atoms with Crippen LogP contribution in [0.25, 0.3) is 0 Å². The fourth-order valence-electron chi connectivity index (χ4n) is 1.82. The first-order valence-corrected chi connectivity index (χ1v) is 6.68. The highest BCUT2D eigenvalue weighted by Crippen LogP contribution is 2.13. The first kappa shape index (κ1) is 17.0. The van der Waals surface area contributed by atoms with Gasteiger partial charge in [-0.2, -0.15) is 0 Å². The van der Waals surface area contributed by atoms with Crippen LogP contribution in [0.2, 0.25) is 0 Å². The van der Waals surface area contributed by atoms with Gasteiger partial charge in [0.15, 0.2) is 0 Å². The molecule has 0 aliphatic rings. The number of ether oxygens (including phenoxy) is 2. The molecule has 0 fully saturated rings. The maximum atomic E-state index is 12.1. The summed E-state index contributed by atoms with van der Waals surface area (Å²) in [6.07, 6.45) is -0.167. The number of carbonyl (C=O) groups excluding carboxylic acids is 1. The van der Waals surface area contributed by atoms with Gasteiger partial charge in [0, 0.05) is 26.6 Å². The van der Waals surface area contributed by atoms with Gasteiger partial charge in [-0.05, 0) is 17.7 Å². The van der Waals surface area contributed by atoms with E-state index in [2.05, 4.69) is 0 Å². The van der Waals surface area contributed by atoms with Crippen molar-refractivity contribution in [1.82, 2.24) is 4.90 Å². The van der Waals surface area contributed by atoms with Crippen LogP contribution in [0.1, 0.15) is 18.4 Å². The summed E-state index contributed by atoms with van der Waals surface area (Å²) in [5, 5.41) is 8.66. The van der Waals surface area contributed by atoms with E-state index < -0.39 is 5.97 Å². The van der Waals surface area contributed by atoms with Crippen molar-refractivity contribution < 1.29 is 24.2 Å². The van der Waals surface area contributed by atoms with Gasteiger partial charge in [-0.1, -0.05) is 12.1 Å². The third-order valence-corrected chi connectivity index (χ3v) is 3.00. The number of aliphatic carboxylic acids is 1. The molecular weight excluding hydrogens is 274 g/mol. The number of nitrogens with zero attached hydrogens (tertiary/aromatic N) is 1. The number of amides is 1. The average molecular weight is 295 g/mol. The lowest BCUT2D eigenvalue weighted by Crippen LogP contribution is -2.33. The SMILES string of the molecule is COCCN(Cc1ccc(OC)cc1)C(=O)CCC(=O)O. The highest BCUT2D eigenvalue weighted by atomic mass is 16.5. The van der Waals surface area contributed by atoms with E-state index in [1.807, 2.05) is 24.3 Å². The van der Waals surface area contributed by atoms with Gasteiger partial charge < -0.3 is 19.5 Å². The molecule has 1 amide bonds. The van der Waals surface area contributed by atoms with Crippen LogP contribution in [0.15, 0.2) is 24.3 Å². The molecule has 0 aromatic heterocycles. The Labute approximate surface area is 124 Å². The van der Waals surface area contributed by atoms with E-state index in [4.69, 9.17) is 14.6 Å². The summed E-state index contributed by atoms with van der Waals surface area (Å²) in [4.78, 5) is 24.2. The van der Waals surface area contributed by atoms with Crippen LogP contribution in [0, 0.1) is 0 Å². The molecule has 0 unspecified atom stereocenters. The zero-order chi connectivity index (χ0) is 15.7. The van der Waals surface area contributed by atoms with Gasteiger partial charge >= 0.3 is 5.97 Å². The van der Waals surface area contributed by atoms with Crippen molar-refractivity contribution >= 4 is 11.9 Å². The molecule has 1 N–H and O–H groups in total. The average Bonchev–Trinajstić information content (AvgIpc) is 2.49. The molecule has 1 aromatic rings. The molecule has 116 valence electrons. The number of carboxylic acids is 1. The fraction of sp³-hybridized carbons (Fsp3) is 0.467. The van der Waals surface area contributed by atoms with Gasteiger partial charge in [0.05, 0.1) is 20.1 Å². The molecule has 6 nitrogen and oxygen atoms in total. The van der Waals surface area contributed by atoms with Gasteiger partial charge in [-0.3, -0.25) is 9.59 Å². The summed E-state index contributed by atoms with van der Waals surface area (Å²) in [5.74, 6) is -0.413. The van der Waals surface area contributed by atoms with E-state index in [1.54, 1.807) is 19.1 Å². The molecule has 0 atom stereocenters. The largest absolute Gasteiger partial charge is 0.497 e. The number of carbonyl (C=O) groups is 2. The Morgan fingerprint density at radius 3 is 2.33 bits per heavy atom. The number of hydrogen-bond donors (Lipinski definition) is 1. The Hall–Kier alpha value is -2.08. The number of benzene rings is 1. The quantitative estimate of drug-likeness (QED) is 0.748. The van der Waals surface area contributed by atoms with Crippen molar-refractivity contribution in [3.05, 3.63) is 29.8 Å². The number of hydrogen-bond acceptors (Lipinski definition) is 4. The molecular formula is C15H21NO5. The zero-order valence-electron chi connectivity index (χ0n) is 12.4. The van der Waals surface area contributed by atoms with Gasteiger partial charge in [-0.15, -0.1) is 0 Å². The molecule has 0 saturated carbocycles. The molecule has 0 radical (unpaired) electrons. The second-order valence-electron chi connectivity index (χ2n) is 4.55. The van der Waals surface area contributed by atoms with E-state index in [-0.39, 0.29) is 18.7 Å². The Kier molecular flexibility index (Phi) is 7.25. The summed E-state index contributed by atoms with van der Waals surface area (Å²) in [6, 6.07) is 7.41. The minimum Gasteiger partial charge on any atom is -0.497 e. The molecule has 1 rings (SSSR count). The predicted octanol–water partition coefficient (Wildman–Crippen LogP) is 1.54.